The van der Waals surface area contributed by atoms with E-state index in [1.807, 2.05) is 0 Å². The van der Waals surface area contributed by atoms with Gasteiger partial charge in [0, 0.05) is 18.9 Å². The average Bonchev–Trinajstić information content (AvgIpc) is 2.21. The van der Waals surface area contributed by atoms with Crippen LogP contribution in [0.25, 0.3) is 0 Å². The van der Waals surface area contributed by atoms with Crippen molar-refractivity contribution in [3.8, 4) is 0 Å². The first-order valence-electron chi connectivity index (χ1n) is 4.68. The number of hydrogen-bond acceptors (Lipinski definition) is 1. The highest BCUT2D eigenvalue weighted by Gasteiger charge is 2.11. The minimum atomic E-state index is -0.321. The number of alkyl halides is 1. The van der Waals surface area contributed by atoms with Gasteiger partial charge in [0.15, 0.2) is 0 Å². The van der Waals surface area contributed by atoms with Gasteiger partial charge in [-0.15, -0.1) is 0 Å². The van der Waals surface area contributed by atoms with Crippen LogP contribution in [-0.4, -0.2) is 29.7 Å². The third-order valence-electron chi connectivity index (χ3n) is 2.15. The van der Waals surface area contributed by atoms with E-state index < -0.39 is 0 Å². The van der Waals surface area contributed by atoms with Crippen molar-refractivity contribution < 1.29 is 9.18 Å². The normalized spacial score (nSPS) is 10.1. The maximum absolute atomic E-state index is 13.2. The van der Waals surface area contributed by atoms with Crippen LogP contribution in [0.4, 0.5) is 4.39 Å². The highest BCUT2D eigenvalue weighted by molar-refractivity contribution is 9.09. The van der Waals surface area contributed by atoms with Gasteiger partial charge in [0.05, 0.1) is 6.42 Å². The number of halogens is 2. The summed E-state index contributed by atoms with van der Waals surface area (Å²) in [6.07, 6.45) is 0.121. The molecule has 0 aromatic heterocycles. The fraction of sp³-hybridized carbons (Fsp3) is 0.364. The Balaban J connectivity index is 2.62. The lowest BCUT2D eigenvalue weighted by atomic mass is 10.1. The largest absolute Gasteiger partial charge is 0.345 e. The van der Waals surface area contributed by atoms with Crippen LogP contribution in [0.5, 0.6) is 0 Å². The van der Waals surface area contributed by atoms with Crippen LogP contribution >= 0.6 is 15.9 Å². The summed E-state index contributed by atoms with van der Waals surface area (Å²) in [4.78, 5) is 13.2. The van der Waals surface area contributed by atoms with Crippen molar-refractivity contribution in [3.05, 3.63) is 35.6 Å². The zero-order valence-electron chi connectivity index (χ0n) is 8.54. The summed E-state index contributed by atoms with van der Waals surface area (Å²) in [6, 6.07) is 6.35. The number of carbonyl (C=O) groups excluding carboxylic acids is 1. The Labute approximate surface area is 97.2 Å². The number of rotatable bonds is 4. The third-order valence-corrected chi connectivity index (χ3v) is 2.50. The highest BCUT2D eigenvalue weighted by Crippen LogP contribution is 2.08. The van der Waals surface area contributed by atoms with Crippen LogP contribution < -0.4 is 0 Å². The number of benzene rings is 1. The van der Waals surface area contributed by atoms with E-state index in [9.17, 15) is 9.18 Å². The second kappa shape index (κ2) is 5.85. The van der Waals surface area contributed by atoms with Crippen molar-refractivity contribution in [2.45, 2.75) is 6.42 Å². The summed E-state index contributed by atoms with van der Waals surface area (Å²) < 4.78 is 13.2. The molecule has 0 atom stereocenters. The maximum atomic E-state index is 13.2. The van der Waals surface area contributed by atoms with Gasteiger partial charge in [0.1, 0.15) is 5.82 Å². The van der Waals surface area contributed by atoms with Crippen LogP contribution in [0.2, 0.25) is 0 Å². The minimum Gasteiger partial charge on any atom is -0.345 e. The van der Waals surface area contributed by atoms with Crippen LogP contribution in [-0.2, 0) is 11.2 Å². The molecule has 15 heavy (non-hydrogen) atoms. The molecule has 1 aromatic carbocycles. The topological polar surface area (TPSA) is 20.3 Å². The predicted octanol–water partition coefficient (Wildman–Crippen LogP) is 2.22. The monoisotopic (exact) mass is 273 g/mol. The molecule has 0 aliphatic carbocycles. The Bertz CT molecular complexity index is 343. The van der Waals surface area contributed by atoms with Crippen LogP contribution in [0.15, 0.2) is 24.3 Å². The summed E-state index contributed by atoms with van der Waals surface area (Å²) in [7, 11) is 1.71. The summed E-state index contributed by atoms with van der Waals surface area (Å²) in [5, 5.41) is 0.729. The lowest BCUT2D eigenvalue weighted by Gasteiger charge is -2.15. The van der Waals surface area contributed by atoms with E-state index in [-0.39, 0.29) is 18.1 Å². The molecule has 2 nitrogen and oxygen atoms in total. The third kappa shape index (κ3) is 3.63. The number of nitrogens with zero attached hydrogens (tertiary/aromatic N) is 1. The smallest absolute Gasteiger partial charge is 0.226 e. The van der Waals surface area contributed by atoms with Crippen molar-refractivity contribution in [1.82, 2.24) is 4.90 Å². The second-order valence-electron chi connectivity index (χ2n) is 3.27. The van der Waals surface area contributed by atoms with E-state index in [0.29, 0.717) is 12.1 Å². The Morgan fingerprint density at radius 2 is 2.13 bits per heavy atom. The van der Waals surface area contributed by atoms with Crippen molar-refractivity contribution >= 4 is 21.8 Å². The first-order valence-corrected chi connectivity index (χ1v) is 5.80. The van der Waals surface area contributed by atoms with E-state index in [1.54, 1.807) is 30.1 Å². The lowest BCUT2D eigenvalue weighted by molar-refractivity contribution is -0.128. The minimum absolute atomic E-state index is 0.0699. The summed E-state index contributed by atoms with van der Waals surface area (Å²) >= 11 is 3.25. The zero-order valence-corrected chi connectivity index (χ0v) is 10.1. The number of likely N-dealkylation sites (N-methyl/N-ethyl adjacent to an activating group) is 1. The van der Waals surface area contributed by atoms with Crippen molar-refractivity contribution in [1.29, 1.82) is 0 Å². The summed E-state index contributed by atoms with van der Waals surface area (Å²) in [5.74, 6) is -0.391. The van der Waals surface area contributed by atoms with Crippen LogP contribution in [0, 0.1) is 5.82 Å². The van der Waals surface area contributed by atoms with Gasteiger partial charge in [-0.05, 0) is 11.6 Å². The fourth-order valence-electron chi connectivity index (χ4n) is 1.19. The first-order chi connectivity index (χ1) is 7.15. The predicted molar refractivity (Wildman–Crippen MR) is 61.5 cm³/mol. The van der Waals surface area contributed by atoms with E-state index in [1.165, 1.54) is 6.07 Å². The van der Waals surface area contributed by atoms with Crippen LogP contribution in [0.1, 0.15) is 5.56 Å². The van der Waals surface area contributed by atoms with Gasteiger partial charge in [0.25, 0.3) is 0 Å². The van der Waals surface area contributed by atoms with Crippen molar-refractivity contribution in [3.63, 3.8) is 0 Å². The van der Waals surface area contributed by atoms with Gasteiger partial charge in [0.2, 0.25) is 5.91 Å². The molecule has 0 unspecified atom stereocenters. The molecule has 0 bridgehead atoms. The van der Waals surface area contributed by atoms with E-state index in [0.717, 1.165) is 5.33 Å². The molecule has 82 valence electrons. The zero-order chi connectivity index (χ0) is 11.3. The van der Waals surface area contributed by atoms with Gasteiger partial charge >= 0.3 is 0 Å². The molecule has 0 saturated heterocycles. The average molecular weight is 274 g/mol. The van der Waals surface area contributed by atoms with Crippen molar-refractivity contribution in [2.24, 2.45) is 0 Å². The lowest BCUT2D eigenvalue weighted by Crippen LogP contribution is -2.30. The Morgan fingerprint density at radius 1 is 1.47 bits per heavy atom. The number of hydrogen-bond donors (Lipinski definition) is 0. The molecule has 1 aromatic rings. The Hall–Kier alpha value is -0.900. The van der Waals surface area contributed by atoms with Gasteiger partial charge < -0.3 is 4.90 Å². The maximum Gasteiger partial charge on any atom is 0.226 e. The van der Waals surface area contributed by atoms with Gasteiger partial charge in [-0.25, -0.2) is 4.39 Å². The molecule has 0 aliphatic heterocycles. The highest BCUT2D eigenvalue weighted by atomic mass is 79.9. The molecule has 0 saturated carbocycles. The number of carbonyl (C=O) groups is 1. The van der Waals surface area contributed by atoms with Gasteiger partial charge in [-0.1, -0.05) is 34.1 Å². The molecule has 0 radical (unpaired) electrons. The molecule has 4 heteroatoms. The molecule has 0 aliphatic rings. The van der Waals surface area contributed by atoms with Crippen molar-refractivity contribution in [2.75, 3.05) is 18.9 Å². The molecular weight excluding hydrogens is 261 g/mol. The molecule has 0 spiro atoms. The summed E-state index contributed by atoms with van der Waals surface area (Å²) in [6.45, 7) is 0.632. The SMILES string of the molecule is CN(CCBr)C(=O)Cc1ccccc1F. The number of amides is 1. The quantitative estimate of drug-likeness (QED) is 0.771. The van der Waals surface area contributed by atoms with Crippen LogP contribution in [0.3, 0.4) is 0 Å². The second-order valence-corrected chi connectivity index (χ2v) is 4.07. The molecule has 0 fully saturated rings. The standard InChI is InChI=1S/C11H13BrFNO/c1-14(7-6-12)11(15)8-9-4-2-3-5-10(9)13/h2-5H,6-8H2,1H3. The fourth-order valence-corrected chi connectivity index (χ4v) is 1.72. The van der Waals surface area contributed by atoms with Gasteiger partial charge in [-0.3, -0.25) is 4.79 Å². The molecular formula is C11H13BrFNO. The molecule has 1 rings (SSSR count). The van der Waals surface area contributed by atoms with E-state index >= 15 is 0 Å². The molecule has 1 amide bonds. The van der Waals surface area contributed by atoms with E-state index in [4.69, 9.17) is 0 Å². The summed E-state index contributed by atoms with van der Waals surface area (Å²) in [5.41, 5.74) is 0.448. The Kier molecular flexibility index (Phi) is 4.75. The molecule has 0 heterocycles. The molecule has 0 N–H and O–H groups in total. The first kappa shape index (κ1) is 12.2. The van der Waals surface area contributed by atoms with Gasteiger partial charge in [-0.2, -0.15) is 0 Å². The van der Waals surface area contributed by atoms with E-state index in [2.05, 4.69) is 15.9 Å². The Morgan fingerprint density at radius 3 is 2.73 bits per heavy atom.